The highest BCUT2D eigenvalue weighted by molar-refractivity contribution is 9.11. The van der Waals surface area contributed by atoms with E-state index in [9.17, 15) is 8.42 Å². The molecule has 2 unspecified atom stereocenters. The number of halogens is 2. The second-order valence-corrected chi connectivity index (χ2v) is 9.78. The first-order chi connectivity index (χ1) is 9.41. The Morgan fingerprint density at radius 3 is 2.75 bits per heavy atom. The molecule has 2 atom stereocenters. The molecule has 1 saturated carbocycles. The molecule has 20 heavy (non-hydrogen) atoms. The summed E-state index contributed by atoms with van der Waals surface area (Å²) < 4.78 is 28.1. The fraction of sp³-hybridized carbons (Fsp3) is 0.667. The number of hydrogen-bond donors (Lipinski definition) is 1. The van der Waals surface area contributed by atoms with Crippen molar-refractivity contribution >= 4 is 48.9 Å². The Bertz CT molecular complexity index is 557. The number of nitrogens with zero attached hydrogens (tertiary/aromatic N) is 1. The van der Waals surface area contributed by atoms with Gasteiger partial charge in [0.25, 0.3) is 10.0 Å². The third-order valence-electron chi connectivity index (χ3n) is 3.79. The van der Waals surface area contributed by atoms with Crippen LogP contribution in [0.2, 0.25) is 5.02 Å². The summed E-state index contributed by atoms with van der Waals surface area (Å²) in [6.45, 7) is 2.86. The van der Waals surface area contributed by atoms with Gasteiger partial charge in [-0.15, -0.1) is 11.3 Å². The average Bonchev–Trinajstić information content (AvgIpc) is 2.98. The number of sulfonamides is 1. The van der Waals surface area contributed by atoms with Crippen LogP contribution in [0.15, 0.2) is 14.1 Å². The number of thiophene rings is 1. The quantitative estimate of drug-likeness (QED) is 0.823. The van der Waals surface area contributed by atoms with Crippen molar-refractivity contribution in [1.82, 2.24) is 4.31 Å². The molecule has 1 aromatic heterocycles. The molecule has 1 fully saturated rings. The molecule has 1 aliphatic rings. The highest BCUT2D eigenvalue weighted by Gasteiger charge is 2.38. The van der Waals surface area contributed by atoms with Gasteiger partial charge < -0.3 is 5.73 Å². The molecule has 0 amide bonds. The van der Waals surface area contributed by atoms with Crippen LogP contribution in [0.5, 0.6) is 0 Å². The normalized spacial score (nSPS) is 23.6. The molecule has 1 aliphatic carbocycles. The maximum Gasteiger partial charge on any atom is 0.252 e. The molecule has 1 aromatic rings. The van der Waals surface area contributed by atoms with Gasteiger partial charge >= 0.3 is 0 Å². The van der Waals surface area contributed by atoms with Crippen molar-refractivity contribution in [1.29, 1.82) is 0 Å². The Morgan fingerprint density at radius 2 is 2.25 bits per heavy atom. The zero-order valence-electron chi connectivity index (χ0n) is 11.2. The van der Waals surface area contributed by atoms with E-state index in [0.29, 0.717) is 26.1 Å². The minimum Gasteiger partial charge on any atom is -0.330 e. The van der Waals surface area contributed by atoms with Gasteiger partial charge in [0.05, 0.1) is 8.81 Å². The second kappa shape index (κ2) is 6.62. The van der Waals surface area contributed by atoms with Gasteiger partial charge in [0.1, 0.15) is 4.21 Å². The van der Waals surface area contributed by atoms with Crippen LogP contribution in [0.1, 0.15) is 26.2 Å². The molecule has 2 rings (SSSR count). The molecule has 114 valence electrons. The summed E-state index contributed by atoms with van der Waals surface area (Å²) in [4.78, 5) is 0. The van der Waals surface area contributed by atoms with Crippen molar-refractivity contribution in [2.24, 2.45) is 11.7 Å². The Labute approximate surface area is 137 Å². The van der Waals surface area contributed by atoms with Crippen LogP contribution in [0, 0.1) is 5.92 Å². The van der Waals surface area contributed by atoms with Crippen molar-refractivity contribution in [3.8, 4) is 0 Å². The van der Waals surface area contributed by atoms with E-state index >= 15 is 0 Å². The molecule has 0 radical (unpaired) electrons. The molecular formula is C12H18BrClN2O2S2. The Balaban J connectivity index is 2.34. The molecule has 8 heteroatoms. The van der Waals surface area contributed by atoms with Gasteiger partial charge in [-0.3, -0.25) is 0 Å². The molecule has 1 heterocycles. The summed E-state index contributed by atoms with van der Waals surface area (Å²) in [7, 11) is -3.50. The van der Waals surface area contributed by atoms with E-state index in [-0.39, 0.29) is 12.0 Å². The fourth-order valence-electron chi connectivity index (χ4n) is 2.82. The lowest BCUT2D eigenvalue weighted by Crippen LogP contribution is -2.43. The standard InChI is InChI=1S/C12H18BrClN2O2S2/c1-2-16(10-5-3-4-8(10)7-15)20(17,18)11-6-9(14)12(13)19-11/h6,8,10H,2-5,7,15H2,1H3. The van der Waals surface area contributed by atoms with Gasteiger partial charge in [-0.2, -0.15) is 4.31 Å². The lowest BCUT2D eigenvalue weighted by atomic mass is 10.0. The molecular weight excluding hydrogens is 384 g/mol. The molecule has 2 N–H and O–H groups in total. The lowest BCUT2D eigenvalue weighted by Gasteiger charge is -2.30. The monoisotopic (exact) mass is 400 g/mol. The molecule has 0 aromatic carbocycles. The number of hydrogen-bond acceptors (Lipinski definition) is 4. The highest BCUT2D eigenvalue weighted by Crippen LogP contribution is 2.38. The van der Waals surface area contributed by atoms with Gasteiger partial charge in [-0.25, -0.2) is 8.42 Å². The summed E-state index contributed by atoms with van der Waals surface area (Å²) >= 11 is 10.4. The minimum absolute atomic E-state index is 0.00894. The Hall–Kier alpha value is 0.340. The van der Waals surface area contributed by atoms with Crippen LogP contribution in [0.3, 0.4) is 0 Å². The summed E-state index contributed by atoms with van der Waals surface area (Å²) in [6, 6.07) is 1.52. The van der Waals surface area contributed by atoms with Gasteiger partial charge in [-0.1, -0.05) is 24.9 Å². The summed E-state index contributed by atoms with van der Waals surface area (Å²) in [6.07, 6.45) is 2.92. The highest BCUT2D eigenvalue weighted by atomic mass is 79.9. The van der Waals surface area contributed by atoms with Crippen LogP contribution in [-0.2, 0) is 10.0 Å². The summed E-state index contributed by atoms with van der Waals surface area (Å²) in [5.41, 5.74) is 5.78. The minimum atomic E-state index is -3.50. The predicted molar refractivity (Wildman–Crippen MR) is 86.8 cm³/mol. The summed E-state index contributed by atoms with van der Waals surface area (Å²) in [5.74, 6) is 0.253. The van der Waals surface area contributed by atoms with E-state index in [4.69, 9.17) is 17.3 Å². The summed E-state index contributed by atoms with van der Waals surface area (Å²) in [5, 5.41) is 0.437. The van der Waals surface area contributed by atoms with Crippen molar-refractivity contribution < 1.29 is 8.42 Å². The van der Waals surface area contributed by atoms with Crippen LogP contribution in [0.25, 0.3) is 0 Å². The van der Waals surface area contributed by atoms with E-state index in [1.54, 1.807) is 4.31 Å². The fourth-order valence-corrected chi connectivity index (χ4v) is 7.08. The molecule has 0 saturated heterocycles. The Kier molecular flexibility index (Phi) is 5.53. The van der Waals surface area contributed by atoms with Crippen LogP contribution >= 0.6 is 38.9 Å². The average molecular weight is 402 g/mol. The van der Waals surface area contributed by atoms with Gasteiger partial charge in [0.2, 0.25) is 0 Å². The first kappa shape index (κ1) is 16.7. The zero-order chi connectivity index (χ0) is 14.9. The van der Waals surface area contributed by atoms with Gasteiger partial charge in [-0.05, 0) is 47.3 Å². The van der Waals surface area contributed by atoms with Gasteiger partial charge in [0.15, 0.2) is 0 Å². The van der Waals surface area contributed by atoms with Crippen molar-refractivity contribution in [3.05, 3.63) is 14.9 Å². The van der Waals surface area contributed by atoms with Crippen molar-refractivity contribution in [2.45, 2.75) is 36.4 Å². The molecule has 0 spiro atoms. The first-order valence-corrected chi connectivity index (χ1v) is 10.0. The van der Waals surface area contributed by atoms with Crippen LogP contribution in [-0.4, -0.2) is 31.9 Å². The SMILES string of the molecule is CCN(C1CCCC1CN)S(=O)(=O)c1cc(Cl)c(Br)s1. The van der Waals surface area contributed by atoms with E-state index < -0.39 is 10.0 Å². The number of nitrogens with two attached hydrogens (primary N) is 1. The molecule has 0 aliphatic heterocycles. The maximum absolute atomic E-state index is 12.8. The maximum atomic E-state index is 12.8. The van der Waals surface area contributed by atoms with E-state index in [2.05, 4.69) is 15.9 Å². The zero-order valence-corrected chi connectivity index (χ0v) is 15.2. The smallest absolute Gasteiger partial charge is 0.252 e. The third kappa shape index (κ3) is 3.08. The third-order valence-corrected chi connectivity index (χ3v) is 8.71. The van der Waals surface area contributed by atoms with Crippen molar-refractivity contribution in [2.75, 3.05) is 13.1 Å². The van der Waals surface area contributed by atoms with Gasteiger partial charge in [0, 0.05) is 12.6 Å². The van der Waals surface area contributed by atoms with E-state index in [0.717, 1.165) is 30.6 Å². The topological polar surface area (TPSA) is 63.4 Å². The van der Waals surface area contributed by atoms with Crippen LogP contribution < -0.4 is 5.73 Å². The second-order valence-electron chi connectivity index (χ2n) is 4.89. The molecule has 4 nitrogen and oxygen atoms in total. The number of rotatable bonds is 5. The molecule has 0 bridgehead atoms. The van der Waals surface area contributed by atoms with Crippen LogP contribution in [0.4, 0.5) is 0 Å². The lowest BCUT2D eigenvalue weighted by molar-refractivity contribution is 0.276. The largest absolute Gasteiger partial charge is 0.330 e. The van der Waals surface area contributed by atoms with Crippen molar-refractivity contribution in [3.63, 3.8) is 0 Å². The van der Waals surface area contributed by atoms with E-state index in [1.165, 1.54) is 6.07 Å². The first-order valence-electron chi connectivity index (χ1n) is 6.58. The Morgan fingerprint density at radius 1 is 1.55 bits per heavy atom. The van der Waals surface area contributed by atoms with E-state index in [1.807, 2.05) is 6.92 Å². The predicted octanol–water partition coefficient (Wildman–Crippen LogP) is 3.30.